The molecule has 0 saturated heterocycles. The number of hydrogen-bond donors (Lipinski definition) is 0. The number of ether oxygens (including phenoxy) is 3. The minimum Gasteiger partial charge on any atom is -0.443 e. The highest BCUT2D eigenvalue weighted by molar-refractivity contribution is 6.11. The summed E-state index contributed by atoms with van der Waals surface area (Å²) in [6, 6.07) is 17.2. The molecule has 0 fully saturated rings. The van der Waals surface area contributed by atoms with Crippen molar-refractivity contribution in [3.63, 3.8) is 0 Å². The second kappa shape index (κ2) is 13.3. The van der Waals surface area contributed by atoms with E-state index in [9.17, 15) is 14.4 Å². The first kappa shape index (κ1) is 35.1. The van der Waals surface area contributed by atoms with Gasteiger partial charge in [0.1, 0.15) is 16.8 Å². The summed E-state index contributed by atoms with van der Waals surface area (Å²) in [4.78, 5) is 58.8. The zero-order valence-electron chi connectivity index (χ0n) is 29.6. The Morgan fingerprint density at radius 1 is 0.755 bits per heavy atom. The van der Waals surface area contributed by atoms with Crippen LogP contribution in [0.4, 0.5) is 25.9 Å². The Morgan fingerprint density at radius 2 is 1.35 bits per heavy atom. The topological polar surface area (TPSA) is 129 Å². The number of para-hydroxylation sites is 3. The first-order valence-corrected chi connectivity index (χ1v) is 16.2. The van der Waals surface area contributed by atoms with Gasteiger partial charge in [-0.2, -0.15) is 4.90 Å². The van der Waals surface area contributed by atoms with E-state index in [0.717, 1.165) is 17.8 Å². The molecule has 1 aliphatic rings. The third kappa shape index (κ3) is 8.43. The molecule has 0 N–H and O–H groups in total. The van der Waals surface area contributed by atoms with Gasteiger partial charge in [0.2, 0.25) is 0 Å². The Bertz CT molecular complexity index is 1870. The van der Waals surface area contributed by atoms with Crippen LogP contribution in [0.5, 0.6) is 0 Å². The van der Waals surface area contributed by atoms with Gasteiger partial charge in [-0.3, -0.25) is 0 Å². The molecule has 0 atom stereocenters. The first-order valence-electron chi connectivity index (χ1n) is 16.2. The number of benzene rings is 2. The average Bonchev–Trinajstić information content (AvgIpc) is 3.39. The molecule has 49 heavy (non-hydrogen) atoms. The summed E-state index contributed by atoms with van der Waals surface area (Å²) in [5, 5.41) is 0. The maximum absolute atomic E-state index is 13.8. The molecule has 12 heteroatoms. The summed E-state index contributed by atoms with van der Waals surface area (Å²) < 4.78 is 18.4. The van der Waals surface area contributed by atoms with Gasteiger partial charge in [-0.25, -0.2) is 33.9 Å². The predicted octanol–water partition coefficient (Wildman–Crippen LogP) is 8.25. The van der Waals surface area contributed by atoms with E-state index in [4.69, 9.17) is 24.2 Å². The van der Waals surface area contributed by atoms with Crippen LogP contribution in [0.2, 0.25) is 0 Å². The number of carbonyl (C=O) groups excluding carboxylic acids is 3. The summed E-state index contributed by atoms with van der Waals surface area (Å²) in [5.74, 6) is -0.186. The number of hydrogen-bond acceptors (Lipinski definition) is 10. The molecule has 0 bridgehead atoms. The Balaban J connectivity index is 1.72. The third-order valence-corrected chi connectivity index (χ3v) is 7.13. The Morgan fingerprint density at radius 3 is 1.92 bits per heavy atom. The lowest BCUT2D eigenvalue weighted by Gasteiger charge is -2.29. The number of aromatic nitrogens is 4. The van der Waals surface area contributed by atoms with Crippen LogP contribution in [0.25, 0.3) is 28.1 Å². The molecule has 4 aromatic rings. The van der Waals surface area contributed by atoms with Crippen molar-refractivity contribution in [3.05, 3.63) is 72.6 Å². The standard InChI is InChI=1S/C37H44N6O6/c1-35(2,3)47-32(44)42-28-18-14-13-17-26(28)40-31(42)29-30(43(33(45)48-36(4,5)6)34(46)49-37(7,8)9)38-23-27(39-29)24-19-21-41(22-20-24)25-15-11-10-12-16-25/h10-19,23H,20-22H2,1-9H3. The number of fused-ring (bicyclic) bond motifs is 1. The van der Waals surface area contributed by atoms with Crippen molar-refractivity contribution in [2.45, 2.75) is 85.5 Å². The normalized spacial score (nSPS) is 13.9. The molecule has 0 radical (unpaired) electrons. The highest BCUT2D eigenvalue weighted by Gasteiger charge is 2.38. The number of rotatable bonds is 4. The fourth-order valence-electron chi connectivity index (χ4n) is 5.17. The molecule has 0 unspecified atom stereocenters. The molecular formula is C37H44N6O6. The zero-order valence-corrected chi connectivity index (χ0v) is 29.6. The number of imidazole rings is 1. The van der Waals surface area contributed by atoms with Crippen LogP contribution in [0.3, 0.4) is 0 Å². The number of imide groups is 1. The van der Waals surface area contributed by atoms with Gasteiger partial charge in [-0.15, -0.1) is 0 Å². The summed E-state index contributed by atoms with van der Waals surface area (Å²) in [6.07, 6.45) is 1.45. The third-order valence-electron chi connectivity index (χ3n) is 7.13. The van der Waals surface area contributed by atoms with E-state index < -0.39 is 35.1 Å². The fourth-order valence-corrected chi connectivity index (χ4v) is 5.17. The van der Waals surface area contributed by atoms with Crippen molar-refractivity contribution >= 4 is 46.4 Å². The van der Waals surface area contributed by atoms with Crippen LogP contribution < -0.4 is 9.80 Å². The second-order valence-corrected chi connectivity index (χ2v) is 14.7. The average molecular weight is 669 g/mol. The van der Waals surface area contributed by atoms with Crippen molar-refractivity contribution in [3.8, 4) is 11.5 Å². The minimum absolute atomic E-state index is 0.0114. The van der Waals surface area contributed by atoms with E-state index in [-0.39, 0.29) is 17.3 Å². The highest BCUT2D eigenvalue weighted by atomic mass is 16.6. The Kier molecular flexibility index (Phi) is 9.54. The van der Waals surface area contributed by atoms with Gasteiger partial charge < -0.3 is 19.1 Å². The maximum Gasteiger partial charge on any atom is 0.425 e. The molecule has 2 aromatic carbocycles. The van der Waals surface area contributed by atoms with Crippen molar-refractivity contribution in [2.75, 3.05) is 22.9 Å². The van der Waals surface area contributed by atoms with Crippen molar-refractivity contribution in [1.29, 1.82) is 0 Å². The lowest BCUT2D eigenvalue weighted by molar-refractivity contribution is 0.0427. The molecule has 5 rings (SSSR count). The smallest absolute Gasteiger partial charge is 0.425 e. The summed E-state index contributed by atoms with van der Waals surface area (Å²) in [7, 11) is 0. The van der Waals surface area contributed by atoms with Crippen LogP contribution in [0, 0.1) is 0 Å². The number of anilines is 2. The minimum atomic E-state index is -1.03. The number of carbonyl (C=O) groups is 3. The largest absolute Gasteiger partial charge is 0.443 e. The molecule has 12 nitrogen and oxygen atoms in total. The first-order chi connectivity index (χ1) is 22.9. The molecule has 2 amide bonds. The SMILES string of the molecule is CC(C)(C)OC(=O)N(C(=O)OC(C)(C)C)c1ncc(C2=CCN(c3ccccc3)CC2)nc1-c1nc2ccccc2n1C(=O)OC(C)(C)C. The predicted molar refractivity (Wildman–Crippen MR) is 189 cm³/mol. The van der Waals surface area contributed by atoms with Gasteiger partial charge in [0, 0.05) is 18.8 Å². The van der Waals surface area contributed by atoms with Gasteiger partial charge >= 0.3 is 18.3 Å². The van der Waals surface area contributed by atoms with E-state index in [0.29, 0.717) is 34.6 Å². The monoisotopic (exact) mass is 668 g/mol. The highest BCUT2D eigenvalue weighted by Crippen LogP contribution is 2.35. The van der Waals surface area contributed by atoms with Crippen LogP contribution in [-0.4, -0.2) is 67.7 Å². The van der Waals surface area contributed by atoms with Crippen molar-refractivity contribution in [2.24, 2.45) is 0 Å². The quantitative estimate of drug-likeness (QED) is 0.196. The molecule has 0 spiro atoms. The van der Waals surface area contributed by atoms with Gasteiger partial charge in [-0.1, -0.05) is 36.4 Å². The van der Waals surface area contributed by atoms with E-state index in [1.165, 1.54) is 10.8 Å². The molecule has 3 heterocycles. The Hall–Kier alpha value is -5.26. The zero-order chi connectivity index (χ0) is 35.7. The Labute approximate surface area is 286 Å². The fraction of sp³-hybridized carbons (Fsp3) is 0.405. The van der Waals surface area contributed by atoms with E-state index in [1.807, 2.05) is 18.2 Å². The van der Waals surface area contributed by atoms with Gasteiger partial charge in [0.25, 0.3) is 0 Å². The lowest BCUT2D eigenvalue weighted by Crippen LogP contribution is -2.44. The van der Waals surface area contributed by atoms with Crippen molar-refractivity contribution < 1.29 is 28.6 Å². The van der Waals surface area contributed by atoms with Crippen LogP contribution >= 0.6 is 0 Å². The van der Waals surface area contributed by atoms with Crippen LogP contribution in [0.15, 0.2) is 66.9 Å². The summed E-state index contributed by atoms with van der Waals surface area (Å²) >= 11 is 0. The second-order valence-electron chi connectivity index (χ2n) is 14.7. The molecule has 0 saturated carbocycles. The van der Waals surface area contributed by atoms with Crippen molar-refractivity contribution in [1.82, 2.24) is 19.5 Å². The molecule has 2 aromatic heterocycles. The van der Waals surface area contributed by atoms with Gasteiger partial charge in [-0.05, 0) is 98.6 Å². The van der Waals surface area contributed by atoms with E-state index >= 15 is 0 Å². The molecular weight excluding hydrogens is 624 g/mol. The number of amides is 2. The van der Waals surface area contributed by atoms with E-state index in [2.05, 4.69) is 28.1 Å². The maximum atomic E-state index is 13.8. The van der Waals surface area contributed by atoms with E-state index in [1.54, 1.807) is 86.6 Å². The lowest BCUT2D eigenvalue weighted by atomic mass is 10.0. The summed E-state index contributed by atoms with van der Waals surface area (Å²) in [5.41, 5.74) is 0.652. The molecule has 1 aliphatic heterocycles. The molecule has 0 aliphatic carbocycles. The number of nitrogens with zero attached hydrogens (tertiary/aromatic N) is 6. The van der Waals surface area contributed by atoms with Crippen LogP contribution in [0.1, 0.15) is 74.4 Å². The molecule has 258 valence electrons. The van der Waals surface area contributed by atoms with Gasteiger partial charge in [0.05, 0.1) is 22.9 Å². The van der Waals surface area contributed by atoms with Gasteiger partial charge in [0.15, 0.2) is 17.3 Å². The summed E-state index contributed by atoms with van der Waals surface area (Å²) in [6.45, 7) is 16.8. The van der Waals surface area contributed by atoms with Crippen LogP contribution in [-0.2, 0) is 14.2 Å².